The van der Waals surface area contributed by atoms with Crippen molar-refractivity contribution >= 4 is 43.8 Å². The number of nitrogens with one attached hydrogen (secondary N) is 1. The van der Waals surface area contributed by atoms with E-state index in [1.54, 1.807) is 0 Å². The van der Waals surface area contributed by atoms with Crippen LogP contribution in [0, 0.1) is 23.0 Å². The van der Waals surface area contributed by atoms with Crippen LogP contribution < -0.4 is 26.4 Å². The van der Waals surface area contributed by atoms with Gasteiger partial charge >= 0.3 is 5.95 Å². The largest absolute Gasteiger partial charge is 0.462 e. The molecule has 2 aromatic carbocycles. The van der Waals surface area contributed by atoms with E-state index >= 15 is 4.39 Å². The molecule has 0 spiro atoms. The topological polar surface area (TPSA) is 99.1 Å². The van der Waals surface area contributed by atoms with Crippen molar-refractivity contribution in [2.45, 2.75) is 55.8 Å². The molecule has 46 heavy (non-hydrogen) atoms. The third-order valence-corrected chi connectivity index (χ3v) is 11.2. The molecular formula is C31H26ClF5N6O2S. The van der Waals surface area contributed by atoms with Crippen LogP contribution >= 0.6 is 22.9 Å². The number of rotatable bonds is 6. The lowest BCUT2D eigenvalue weighted by atomic mass is 9.95. The third-order valence-electron chi connectivity index (χ3n) is 9.80. The van der Waals surface area contributed by atoms with Crippen LogP contribution in [-0.2, 0) is 4.74 Å². The highest BCUT2D eigenvalue weighted by atomic mass is 35.5. The Labute approximate surface area is 268 Å². The minimum absolute atomic E-state index is 0.00442. The summed E-state index contributed by atoms with van der Waals surface area (Å²) in [5.41, 5.74) is 3.66. The van der Waals surface area contributed by atoms with Crippen LogP contribution in [0.3, 0.4) is 0 Å². The van der Waals surface area contributed by atoms with Crippen molar-refractivity contribution in [1.82, 2.24) is 15.1 Å². The number of thiophene rings is 1. The fraction of sp³-hybridized carbons (Fsp3) is 0.419. The summed E-state index contributed by atoms with van der Waals surface area (Å²) in [6.45, 7) is 0.917. The molecule has 1 saturated carbocycles. The van der Waals surface area contributed by atoms with E-state index in [2.05, 4.69) is 10.3 Å². The summed E-state index contributed by atoms with van der Waals surface area (Å²) in [4.78, 5) is 7.83. The zero-order valence-electron chi connectivity index (χ0n) is 24.1. The van der Waals surface area contributed by atoms with Gasteiger partial charge in [-0.3, -0.25) is 9.89 Å². The van der Waals surface area contributed by atoms with Gasteiger partial charge in [0.05, 0.1) is 37.6 Å². The van der Waals surface area contributed by atoms with Crippen molar-refractivity contribution in [3.05, 3.63) is 57.1 Å². The van der Waals surface area contributed by atoms with Gasteiger partial charge in [-0.25, -0.2) is 22.0 Å². The standard InChI is InChI=1S/C31H26ClF5N6O2S/c32-22-20(15-2-3-17(34)26-19(15)16(9-38)27(39)46-26)23(35)25-21-24(22)40-13-41-28(21)43(31(5-6-31)29(36)37)11-18(45-25)44-12-30-4-1-7-42(30)10-14(33)8-30/h2-3,11,14,29,41H,1,4-8,10,12-13,39H2/t14-,30+/m1/s1. The molecule has 0 amide bonds. The highest BCUT2D eigenvalue weighted by Crippen LogP contribution is 2.50. The maximum atomic E-state index is 17.0. The zero-order valence-corrected chi connectivity index (χ0v) is 25.7. The lowest BCUT2D eigenvalue weighted by molar-refractivity contribution is 0.0185. The number of hydrogen-bond acceptors (Lipinski definition) is 9. The lowest BCUT2D eigenvalue weighted by Crippen LogP contribution is -2.49. The molecule has 3 N–H and O–H groups in total. The second-order valence-electron chi connectivity index (χ2n) is 12.3. The molecule has 240 valence electrons. The fourth-order valence-corrected chi connectivity index (χ4v) is 8.70. The number of benzene rings is 2. The van der Waals surface area contributed by atoms with E-state index in [0.717, 1.165) is 23.8 Å². The van der Waals surface area contributed by atoms with Gasteiger partial charge in [0.25, 0.3) is 6.43 Å². The second kappa shape index (κ2) is 10.4. The zero-order chi connectivity index (χ0) is 32.1. The molecule has 8 rings (SSSR count). The molecule has 8 nitrogen and oxygen atoms in total. The van der Waals surface area contributed by atoms with Crippen molar-refractivity contribution < 1.29 is 31.4 Å². The quantitative estimate of drug-likeness (QED) is 0.352. The number of nitrogens with two attached hydrogens (primary N) is 1. The number of anilines is 1. The SMILES string of the molecule is N#Cc1c(N)sc2c(F)ccc(-c3c(F)c4c5c(c3Cl)=NCNC=5N(C3(C(F)F)CC3)C=C(OC[C@@]35CCCN3C[C@H](F)C5)O4)c12. The number of hydrogen-bond donors (Lipinski definition) is 2. The Hall–Kier alpha value is -3.80. The van der Waals surface area contributed by atoms with Crippen LogP contribution in [0.15, 0.2) is 29.3 Å². The van der Waals surface area contributed by atoms with Gasteiger partial charge in [-0.15, -0.1) is 11.3 Å². The second-order valence-corrected chi connectivity index (χ2v) is 13.8. The van der Waals surface area contributed by atoms with Crippen LogP contribution in [0.25, 0.3) is 27.0 Å². The summed E-state index contributed by atoms with van der Waals surface area (Å²) in [6, 6.07) is 4.40. The maximum Gasteiger partial charge on any atom is 0.302 e. The molecule has 3 aromatic rings. The van der Waals surface area contributed by atoms with Gasteiger partial charge in [0.1, 0.15) is 47.7 Å². The van der Waals surface area contributed by atoms with E-state index in [-0.39, 0.29) is 98.2 Å². The molecule has 5 heterocycles. The minimum Gasteiger partial charge on any atom is -0.462 e. The van der Waals surface area contributed by atoms with E-state index in [1.165, 1.54) is 17.2 Å². The molecule has 4 aliphatic heterocycles. The average molecular weight is 677 g/mol. The van der Waals surface area contributed by atoms with Gasteiger partial charge in [0.15, 0.2) is 11.6 Å². The van der Waals surface area contributed by atoms with E-state index in [9.17, 15) is 22.8 Å². The Morgan fingerprint density at radius 3 is 2.83 bits per heavy atom. The number of fused-ring (bicyclic) bond motifs is 2. The Kier molecular flexibility index (Phi) is 6.66. The lowest BCUT2D eigenvalue weighted by Gasteiger charge is -2.33. The van der Waals surface area contributed by atoms with E-state index in [0.29, 0.717) is 13.0 Å². The number of nitrogen functional groups attached to an aromatic ring is 1. The minimum atomic E-state index is -2.77. The summed E-state index contributed by atoms with van der Waals surface area (Å²) in [5.74, 6) is -2.17. The van der Waals surface area contributed by atoms with Gasteiger partial charge in [0.2, 0.25) is 0 Å². The monoisotopic (exact) mass is 676 g/mol. The van der Waals surface area contributed by atoms with Crippen LogP contribution in [0.2, 0.25) is 5.02 Å². The molecule has 0 bridgehead atoms. The molecule has 0 radical (unpaired) electrons. The molecule has 5 aliphatic rings. The van der Waals surface area contributed by atoms with Crippen molar-refractivity contribution in [1.29, 1.82) is 5.26 Å². The number of alkyl halides is 3. The molecular weight excluding hydrogens is 651 g/mol. The van der Waals surface area contributed by atoms with Crippen LogP contribution in [0.5, 0.6) is 5.75 Å². The number of halogens is 6. The predicted molar refractivity (Wildman–Crippen MR) is 161 cm³/mol. The molecule has 1 aliphatic carbocycles. The Balaban J connectivity index is 1.34. The number of nitriles is 1. The van der Waals surface area contributed by atoms with Gasteiger partial charge in [-0.05, 0) is 43.9 Å². The van der Waals surface area contributed by atoms with Crippen LogP contribution in [0.1, 0.15) is 37.7 Å². The van der Waals surface area contributed by atoms with Gasteiger partial charge in [0, 0.05) is 23.9 Å². The summed E-state index contributed by atoms with van der Waals surface area (Å²) in [7, 11) is 0. The van der Waals surface area contributed by atoms with E-state index in [1.807, 2.05) is 11.0 Å². The van der Waals surface area contributed by atoms with Gasteiger partial charge in [-0.1, -0.05) is 17.7 Å². The molecule has 0 unspecified atom stereocenters. The molecule has 2 saturated heterocycles. The number of nitrogens with zero attached hydrogens (tertiary/aromatic N) is 4. The first-order chi connectivity index (χ1) is 22.1. The number of ether oxygens (including phenoxy) is 2. The molecule has 15 heteroatoms. The highest BCUT2D eigenvalue weighted by Gasteiger charge is 2.57. The van der Waals surface area contributed by atoms with Gasteiger partial charge in [-0.2, -0.15) is 5.26 Å². The maximum absolute atomic E-state index is 17.0. The molecule has 3 fully saturated rings. The first-order valence-electron chi connectivity index (χ1n) is 14.8. The van der Waals surface area contributed by atoms with Gasteiger partial charge < -0.3 is 25.4 Å². The average Bonchev–Trinajstić information content (AvgIpc) is 3.57. The van der Waals surface area contributed by atoms with Crippen LogP contribution in [0.4, 0.5) is 27.0 Å². The summed E-state index contributed by atoms with van der Waals surface area (Å²) < 4.78 is 88.1. The summed E-state index contributed by atoms with van der Waals surface area (Å²) in [6.07, 6.45) is -0.401. The summed E-state index contributed by atoms with van der Waals surface area (Å²) >= 11 is 7.74. The first kappa shape index (κ1) is 29.6. The predicted octanol–water partition coefficient (Wildman–Crippen LogP) is 5.08. The Morgan fingerprint density at radius 2 is 2.09 bits per heavy atom. The van der Waals surface area contributed by atoms with E-state index < -0.39 is 41.1 Å². The Morgan fingerprint density at radius 1 is 1.28 bits per heavy atom. The molecule has 1 aromatic heterocycles. The normalized spacial score (nSPS) is 24.5. The molecule has 2 atom stereocenters. The van der Waals surface area contributed by atoms with E-state index in [4.69, 9.17) is 26.8 Å². The fourth-order valence-electron chi connectivity index (χ4n) is 7.41. The van der Waals surface area contributed by atoms with Crippen LogP contribution in [-0.4, -0.2) is 59.8 Å². The third kappa shape index (κ3) is 4.14. The van der Waals surface area contributed by atoms with Crippen molar-refractivity contribution in [3.8, 4) is 22.9 Å². The van der Waals surface area contributed by atoms with Crippen molar-refractivity contribution in [2.75, 3.05) is 32.1 Å². The highest BCUT2D eigenvalue weighted by molar-refractivity contribution is 7.23. The smallest absolute Gasteiger partial charge is 0.302 e. The van der Waals surface area contributed by atoms with Crippen molar-refractivity contribution in [2.24, 2.45) is 4.99 Å². The van der Waals surface area contributed by atoms with Crippen molar-refractivity contribution in [3.63, 3.8) is 0 Å². The Bertz CT molecular complexity index is 2030. The summed E-state index contributed by atoms with van der Waals surface area (Å²) in [5, 5.41) is 12.9. The first-order valence-corrected chi connectivity index (χ1v) is 16.0.